The minimum atomic E-state index is -0.523. The van der Waals surface area contributed by atoms with E-state index in [9.17, 15) is 10.2 Å². The first-order valence-electron chi connectivity index (χ1n) is 8.44. The van der Waals surface area contributed by atoms with Gasteiger partial charge in [-0.2, -0.15) is 0 Å². The second kappa shape index (κ2) is 6.37. The van der Waals surface area contributed by atoms with E-state index < -0.39 is 5.60 Å². The topological polar surface area (TPSA) is 52.5 Å². The molecule has 2 aliphatic carbocycles. The number of hydrogen-bond acceptors (Lipinski definition) is 3. The molecule has 0 aromatic heterocycles. The van der Waals surface area contributed by atoms with Crippen LogP contribution in [0.3, 0.4) is 0 Å². The van der Waals surface area contributed by atoms with Crippen LogP contribution >= 0.6 is 0 Å². The van der Waals surface area contributed by atoms with Gasteiger partial charge in [0.05, 0.1) is 5.60 Å². The maximum absolute atomic E-state index is 10.8. The molecule has 3 nitrogen and oxygen atoms in total. The van der Waals surface area contributed by atoms with Gasteiger partial charge in [-0.25, -0.2) is 0 Å². The third-order valence-corrected chi connectivity index (χ3v) is 5.15. The zero-order valence-electron chi connectivity index (χ0n) is 12.8. The van der Waals surface area contributed by atoms with Gasteiger partial charge in [-0.1, -0.05) is 31.7 Å². The number of aliphatic hydroxyl groups is 1. The summed E-state index contributed by atoms with van der Waals surface area (Å²) in [4.78, 5) is 0. The molecule has 1 saturated carbocycles. The molecular formula is C18H27NO2. The average Bonchev–Trinajstić information content (AvgIpc) is 2.70. The molecule has 3 N–H and O–H groups in total. The zero-order chi connectivity index (χ0) is 14.7. The number of hydrogen-bond donors (Lipinski definition) is 3. The van der Waals surface area contributed by atoms with Gasteiger partial charge in [-0.05, 0) is 55.4 Å². The quantitative estimate of drug-likeness (QED) is 0.747. The summed E-state index contributed by atoms with van der Waals surface area (Å²) >= 11 is 0. The maximum Gasteiger partial charge on any atom is 0.115 e. The number of benzene rings is 1. The number of fused-ring (bicyclic) bond motifs is 1. The Labute approximate surface area is 127 Å². The van der Waals surface area contributed by atoms with Crippen LogP contribution in [-0.2, 0) is 6.42 Å². The molecule has 0 aliphatic heterocycles. The predicted octanol–water partition coefficient (Wildman–Crippen LogP) is 3.44. The molecule has 116 valence electrons. The Bertz CT molecular complexity index is 478. The number of phenolic OH excluding ortho intramolecular Hbond substituents is 1. The van der Waals surface area contributed by atoms with E-state index in [0.717, 1.165) is 44.9 Å². The Morgan fingerprint density at radius 3 is 2.62 bits per heavy atom. The lowest BCUT2D eigenvalue weighted by atomic mass is 9.86. The van der Waals surface area contributed by atoms with Crippen LogP contribution in [0.2, 0.25) is 0 Å². The third-order valence-electron chi connectivity index (χ3n) is 5.15. The summed E-state index contributed by atoms with van der Waals surface area (Å²) in [6.45, 7) is 0.692. The lowest BCUT2D eigenvalue weighted by molar-refractivity contribution is 0.0221. The second-order valence-corrected chi connectivity index (χ2v) is 6.85. The summed E-state index contributed by atoms with van der Waals surface area (Å²) in [6, 6.07) is 6.03. The van der Waals surface area contributed by atoms with Crippen molar-refractivity contribution in [1.29, 1.82) is 0 Å². The first-order valence-corrected chi connectivity index (χ1v) is 8.44. The average molecular weight is 289 g/mol. The van der Waals surface area contributed by atoms with Gasteiger partial charge in [-0.15, -0.1) is 0 Å². The van der Waals surface area contributed by atoms with Gasteiger partial charge >= 0.3 is 0 Å². The van der Waals surface area contributed by atoms with E-state index in [1.54, 1.807) is 6.07 Å². The van der Waals surface area contributed by atoms with Crippen LogP contribution < -0.4 is 5.32 Å². The van der Waals surface area contributed by atoms with Crippen LogP contribution in [0.1, 0.15) is 68.5 Å². The van der Waals surface area contributed by atoms with E-state index in [1.807, 2.05) is 12.1 Å². The van der Waals surface area contributed by atoms with E-state index in [2.05, 4.69) is 5.32 Å². The van der Waals surface area contributed by atoms with Crippen LogP contribution in [0.15, 0.2) is 18.2 Å². The van der Waals surface area contributed by atoms with Crippen LogP contribution in [-0.4, -0.2) is 22.4 Å². The summed E-state index contributed by atoms with van der Waals surface area (Å²) in [6.07, 6.45) is 9.97. The Kier molecular flexibility index (Phi) is 4.51. The number of aryl methyl sites for hydroxylation is 1. The lowest BCUT2D eigenvalue weighted by Crippen LogP contribution is -2.42. The van der Waals surface area contributed by atoms with Crippen molar-refractivity contribution in [2.45, 2.75) is 69.4 Å². The van der Waals surface area contributed by atoms with Crippen molar-refractivity contribution < 1.29 is 10.2 Å². The van der Waals surface area contributed by atoms with Crippen molar-refractivity contribution in [3.05, 3.63) is 29.3 Å². The van der Waals surface area contributed by atoms with E-state index in [1.165, 1.54) is 24.0 Å². The minimum absolute atomic E-state index is 0.321. The smallest absolute Gasteiger partial charge is 0.115 e. The van der Waals surface area contributed by atoms with Crippen LogP contribution in [0, 0.1) is 0 Å². The fourth-order valence-corrected chi connectivity index (χ4v) is 3.89. The van der Waals surface area contributed by atoms with Gasteiger partial charge in [0.1, 0.15) is 5.75 Å². The molecule has 1 atom stereocenters. The van der Waals surface area contributed by atoms with E-state index in [0.29, 0.717) is 18.3 Å². The molecular weight excluding hydrogens is 262 g/mol. The standard InChI is InChI=1S/C18H27NO2/c20-15-8-9-16-14(12-15)6-5-7-17(16)19-13-18(21)10-3-1-2-4-11-18/h8-9,12,17,19-21H,1-7,10-11,13H2. The van der Waals surface area contributed by atoms with Crippen molar-refractivity contribution in [2.24, 2.45) is 0 Å². The maximum atomic E-state index is 10.8. The molecule has 3 rings (SSSR count). The molecule has 0 saturated heterocycles. The molecule has 2 aliphatic rings. The molecule has 0 amide bonds. The molecule has 1 aromatic rings. The summed E-state index contributed by atoms with van der Waals surface area (Å²) in [5.41, 5.74) is 2.04. The highest BCUT2D eigenvalue weighted by atomic mass is 16.3. The van der Waals surface area contributed by atoms with Crippen molar-refractivity contribution in [2.75, 3.05) is 6.54 Å². The Morgan fingerprint density at radius 1 is 1.10 bits per heavy atom. The first kappa shape index (κ1) is 14.9. The van der Waals surface area contributed by atoms with E-state index in [4.69, 9.17) is 0 Å². The number of rotatable bonds is 3. The van der Waals surface area contributed by atoms with Gasteiger partial charge < -0.3 is 15.5 Å². The number of aromatic hydroxyl groups is 1. The molecule has 0 spiro atoms. The molecule has 3 heteroatoms. The normalized spacial score (nSPS) is 25.1. The van der Waals surface area contributed by atoms with Gasteiger partial charge in [0, 0.05) is 12.6 Å². The monoisotopic (exact) mass is 289 g/mol. The highest BCUT2D eigenvalue weighted by Crippen LogP contribution is 2.33. The lowest BCUT2D eigenvalue weighted by Gasteiger charge is -2.32. The van der Waals surface area contributed by atoms with Crippen LogP contribution in [0.4, 0.5) is 0 Å². The molecule has 1 aromatic carbocycles. The Morgan fingerprint density at radius 2 is 1.86 bits per heavy atom. The van der Waals surface area contributed by atoms with Crippen LogP contribution in [0.25, 0.3) is 0 Å². The van der Waals surface area contributed by atoms with Crippen molar-refractivity contribution >= 4 is 0 Å². The molecule has 0 bridgehead atoms. The molecule has 1 fully saturated rings. The van der Waals surface area contributed by atoms with Gasteiger partial charge in [-0.3, -0.25) is 0 Å². The van der Waals surface area contributed by atoms with Crippen molar-refractivity contribution in [1.82, 2.24) is 5.32 Å². The molecule has 21 heavy (non-hydrogen) atoms. The second-order valence-electron chi connectivity index (χ2n) is 6.85. The Hall–Kier alpha value is -1.06. The van der Waals surface area contributed by atoms with Crippen LogP contribution in [0.5, 0.6) is 5.75 Å². The first-order chi connectivity index (χ1) is 10.2. The minimum Gasteiger partial charge on any atom is -0.508 e. The van der Waals surface area contributed by atoms with E-state index >= 15 is 0 Å². The highest BCUT2D eigenvalue weighted by molar-refractivity contribution is 5.38. The SMILES string of the molecule is Oc1ccc2c(c1)CCCC2NCC1(O)CCCCCC1. The predicted molar refractivity (Wildman–Crippen MR) is 84.4 cm³/mol. The van der Waals surface area contributed by atoms with E-state index in [-0.39, 0.29) is 0 Å². The van der Waals surface area contributed by atoms with Gasteiger partial charge in [0.15, 0.2) is 0 Å². The van der Waals surface area contributed by atoms with Gasteiger partial charge in [0.2, 0.25) is 0 Å². The summed E-state index contributed by atoms with van der Waals surface area (Å²) in [5.74, 6) is 0.358. The summed E-state index contributed by atoms with van der Waals surface area (Å²) in [7, 11) is 0. The van der Waals surface area contributed by atoms with Crippen molar-refractivity contribution in [3.8, 4) is 5.75 Å². The fraction of sp³-hybridized carbons (Fsp3) is 0.667. The zero-order valence-corrected chi connectivity index (χ0v) is 12.8. The summed E-state index contributed by atoms with van der Waals surface area (Å²) in [5, 5.41) is 24.0. The van der Waals surface area contributed by atoms with Crippen molar-refractivity contribution in [3.63, 3.8) is 0 Å². The fourth-order valence-electron chi connectivity index (χ4n) is 3.89. The molecule has 0 heterocycles. The summed E-state index contributed by atoms with van der Waals surface area (Å²) < 4.78 is 0. The molecule has 0 radical (unpaired) electrons. The Balaban J connectivity index is 1.66. The third kappa shape index (κ3) is 3.58. The number of nitrogens with one attached hydrogen (secondary N) is 1. The number of phenols is 1. The highest BCUT2D eigenvalue weighted by Gasteiger charge is 2.29. The largest absolute Gasteiger partial charge is 0.508 e. The molecule has 1 unspecified atom stereocenters. The van der Waals surface area contributed by atoms with Gasteiger partial charge in [0.25, 0.3) is 0 Å².